The molecular weight excluding hydrogens is 393 g/mol. The molecule has 1 N–H and O–H groups in total. The number of aromatic amines is 1. The number of nitrogens with zero attached hydrogens (tertiary/aromatic N) is 3. The van der Waals surface area contributed by atoms with E-state index < -0.39 is 27.9 Å². The van der Waals surface area contributed by atoms with E-state index in [0.717, 1.165) is 18.3 Å². The maximum Gasteiger partial charge on any atom is 0.433 e. The molecule has 0 aliphatic heterocycles. The van der Waals surface area contributed by atoms with E-state index in [0.29, 0.717) is 16.1 Å². The molecule has 0 spiro atoms. The molecule has 3 aromatic rings. The minimum atomic E-state index is -4.84. The number of hydrogen-bond acceptors (Lipinski definition) is 5. The maximum absolute atomic E-state index is 13.4. The summed E-state index contributed by atoms with van der Waals surface area (Å²) in [6.07, 6.45) is -4.02. The highest BCUT2D eigenvalue weighted by atomic mass is 19.4. The Morgan fingerprint density at radius 1 is 1.14 bits per heavy atom. The SMILES string of the molecule is COc1ccc(N=Cc2c(C(F)(F)F)[nH]n(-c3ccc([N+](=O)[O-])cc3)c2=O)cc1. The Bertz CT molecular complexity index is 1110. The van der Waals surface area contributed by atoms with E-state index in [1.165, 1.54) is 31.4 Å². The number of aliphatic imine (C=N–C) groups is 1. The largest absolute Gasteiger partial charge is 0.497 e. The quantitative estimate of drug-likeness (QED) is 0.395. The molecule has 0 radical (unpaired) electrons. The van der Waals surface area contributed by atoms with Crippen molar-refractivity contribution in [3.63, 3.8) is 0 Å². The van der Waals surface area contributed by atoms with Crippen LogP contribution in [0.25, 0.3) is 5.69 Å². The monoisotopic (exact) mass is 406 g/mol. The molecule has 1 heterocycles. The van der Waals surface area contributed by atoms with Crippen LogP contribution >= 0.6 is 0 Å². The van der Waals surface area contributed by atoms with Crippen molar-refractivity contribution >= 4 is 17.6 Å². The van der Waals surface area contributed by atoms with Crippen LogP contribution in [0, 0.1) is 10.1 Å². The highest BCUT2D eigenvalue weighted by molar-refractivity contribution is 5.83. The van der Waals surface area contributed by atoms with E-state index in [1.54, 1.807) is 12.1 Å². The molecule has 0 aliphatic rings. The van der Waals surface area contributed by atoms with Gasteiger partial charge in [0.05, 0.1) is 29.0 Å². The predicted molar refractivity (Wildman–Crippen MR) is 98.3 cm³/mol. The molecule has 8 nitrogen and oxygen atoms in total. The normalized spacial score (nSPS) is 11.7. The van der Waals surface area contributed by atoms with Crippen LogP contribution in [0.5, 0.6) is 5.75 Å². The summed E-state index contributed by atoms with van der Waals surface area (Å²) in [5.74, 6) is 0.544. The highest BCUT2D eigenvalue weighted by Crippen LogP contribution is 2.29. The summed E-state index contributed by atoms with van der Waals surface area (Å²) in [6, 6.07) is 10.7. The van der Waals surface area contributed by atoms with Crippen molar-refractivity contribution in [2.75, 3.05) is 7.11 Å². The fraction of sp³-hybridized carbons (Fsp3) is 0.111. The van der Waals surface area contributed by atoms with Crippen molar-refractivity contribution in [3.8, 4) is 11.4 Å². The van der Waals surface area contributed by atoms with Gasteiger partial charge in [0.2, 0.25) is 0 Å². The van der Waals surface area contributed by atoms with Crippen molar-refractivity contribution < 1.29 is 22.8 Å². The number of ether oxygens (including phenoxy) is 1. The lowest BCUT2D eigenvalue weighted by atomic mass is 10.2. The zero-order chi connectivity index (χ0) is 21.2. The van der Waals surface area contributed by atoms with Crippen LogP contribution in [0.15, 0.2) is 58.3 Å². The van der Waals surface area contributed by atoms with Gasteiger partial charge < -0.3 is 4.74 Å². The Kier molecular flexibility index (Phi) is 5.22. The van der Waals surface area contributed by atoms with E-state index in [-0.39, 0.29) is 11.4 Å². The standard InChI is InChI=1S/C18H13F3N4O4/c1-29-14-8-2-11(3-9-14)22-10-15-16(18(19,20)21)23-24(17(15)26)12-4-6-13(7-5-12)25(27)28/h2-10,23H,1H3. The van der Waals surface area contributed by atoms with Crippen molar-refractivity contribution in [1.82, 2.24) is 9.78 Å². The molecule has 2 aromatic carbocycles. The topological polar surface area (TPSA) is 103 Å². The summed E-state index contributed by atoms with van der Waals surface area (Å²) < 4.78 is 45.8. The van der Waals surface area contributed by atoms with Crippen LogP contribution in [0.4, 0.5) is 24.5 Å². The molecule has 0 amide bonds. The average molecular weight is 406 g/mol. The van der Waals surface area contributed by atoms with Gasteiger partial charge in [-0.15, -0.1) is 0 Å². The van der Waals surface area contributed by atoms with Crippen LogP contribution in [-0.4, -0.2) is 28.0 Å². The molecule has 1 aromatic heterocycles. The number of nitro benzene ring substituents is 1. The Morgan fingerprint density at radius 2 is 1.76 bits per heavy atom. The number of benzene rings is 2. The van der Waals surface area contributed by atoms with E-state index in [9.17, 15) is 28.1 Å². The molecule has 0 fully saturated rings. The second-order valence-corrected chi connectivity index (χ2v) is 5.77. The van der Waals surface area contributed by atoms with E-state index in [2.05, 4.69) is 4.99 Å². The smallest absolute Gasteiger partial charge is 0.433 e. The van der Waals surface area contributed by atoms with Gasteiger partial charge in [-0.2, -0.15) is 13.2 Å². The van der Waals surface area contributed by atoms with Crippen LogP contribution in [0.3, 0.4) is 0 Å². The summed E-state index contributed by atoms with van der Waals surface area (Å²) in [6.45, 7) is 0. The number of aromatic nitrogens is 2. The van der Waals surface area contributed by atoms with E-state index in [1.807, 2.05) is 5.10 Å². The molecule has 0 atom stereocenters. The number of alkyl halides is 3. The summed E-state index contributed by atoms with van der Waals surface area (Å²) in [5, 5.41) is 12.7. The van der Waals surface area contributed by atoms with Crippen molar-refractivity contribution in [2.45, 2.75) is 6.18 Å². The number of rotatable bonds is 5. The molecular formula is C18H13F3N4O4. The molecule has 0 saturated heterocycles. The van der Waals surface area contributed by atoms with Crippen LogP contribution < -0.4 is 10.3 Å². The molecule has 0 aliphatic carbocycles. The number of H-pyrrole nitrogens is 1. The first kappa shape index (κ1) is 19.9. The minimum absolute atomic E-state index is 0.00944. The fourth-order valence-corrected chi connectivity index (χ4v) is 2.50. The Morgan fingerprint density at radius 3 is 2.28 bits per heavy atom. The molecule has 3 rings (SSSR count). The number of nitrogens with one attached hydrogen (secondary N) is 1. The van der Waals surface area contributed by atoms with Crippen molar-refractivity contribution in [1.29, 1.82) is 0 Å². The summed E-state index contributed by atoms with van der Waals surface area (Å²) >= 11 is 0. The second-order valence-electron chi connectivity index (χ2n) is 5.77. The lowest BCUT2D eigenvalue weighted by Gasteiger charge is -2.05. The third-order valence-corrected chi connectivity index (χ3v) is 3.94. The maximum atomic E-state index is 13.4. The Labute approximate surface area is 161 Å². The average Bonchev–Trinajstić information content (AvgIpc) is 3.03. The number of halogens is 3. The molecule has 0 saturated carbocycles. The predicted octanol–water partition coefficient (Wildman–Crippen LogP) is 3.85. The van der Waals surface area contributed by atoms with Gasteiger partial charge in [-0.25, -0.2) is 4.68 Å². The van der Waals surface area contributed by atoms with Crippen molar-refractivity contribution in [3.05, 3.63) is 80.3 Å². The van der Waals surface area contributed by atoms with Gasteiger partial charge >= 0.3 is 6.18 Å². The van der Waals surface area contributed by atoms with Gasteiger partial charge in [-0.1, -0.05) is 0 Å². The van der Waals surface area contributed by atoms with E-state index >= 15 is 0 Å². The van der Waals surface area contributed by atoms with Gasteiger partial charge in [0.25, 0.3) is 11.2 Å². The third-order valence-electron chi connectivity index (χ3n) is 3.94. The fourth-order valence-electron chi connectivity index (χ4n) is 2.50. The molecule has 150 valence electrons. The first-order valence-electron chi connectivity index (χ1n) is 8.06. The minimum Gasteiger partial charge on any atom is -0.497 e. The lowest BCUT2D eigenvalue weighted by Crippen LogP contribution is -2.17. The van der Waals surface area contributed by atoms with Gasteiger partial charge in [0.1, 0.15) is 5.75 Å². The number of methoxy groups -OCH3 is 1. The number of hydrogen-bond donors (Lipinski definition) is 1. The van der Waals surface area contributed by atoms with Crippen molar-refractivity contribution in [2.24, 2.45) is 4.99 Å². The zero-order valence-corrected chi connectivity index (χ0v) is 14.8. The third kappa shape index (κ3) is 4.18. The first-order chi connectivity index (χ1) is 13.7. The van der Waals surface area contributed by atoms with Gasteiger partial charge in [-0.3, -0.25) is 25.0 Å². The molecule has 0 unspecified atom stereocenters. The van der Waals surface area contributed by atoms with Crippen LogP contribution in [0.1, 0.15) is 11.3 Å². The first-order valence-corrected chi connectivity index (χ1v) is 8.06. The lowest BCUT2D eigenvalue weighted by molar-refractivity contribution is -0.384. The van der Waals surface area contributed by atoms with Crippen LogP contribution in [0.2, 0.25) is 0 Å². The molecule has 29 heavy (non-hydrogen) atoms. The van der Waals surface area contributed by atoms with Gasteiger partial charge in [0, 0.05) is 18.3 Å². The number of nitro groups is 1. The molecule has 0 bridgehead atoms. The van der Waals surface area contributed by atoms with E-state index in [4.69, 9.17) is 4.74 Å². The van der Waals surface area contributed by atoms with Crippen LogP contribution in [-0.2, 0) is 6.18 Å². The second kappa shape index (κ2) is 7.62. The summed E-state index contributed by atoms with van der Waals surface area (Å²) in [7, 11) is 1.47. The Balaban J connectivity index is 2.05. The number of non-ortho nitro benzene ring substituents is 1. The Hall–Kier alpha value is -3.89. The van der Waals surface area contributed by atoms with Gasteiger partial charge in [0.15, 0.2) is 5.69 Å². The highest BCUT2D eigenvalue weighted by Gasteiger charge is 2.37. The summed E-state index contributed by atoms with van der Waals surface area (Å²) in [5.41, 5.74) is -2.89. The zero-order valence-electron chi connectivity index (χ0n) is 14.8. The van der Waals surface area contributed by atoms with Gasteiger partial charge in [-0.05, 0) is 36.4 Å². The molecule has 11 heteroatoms. The summed E-state index contributed by atoms with van der Waals surface area (Å²) in [4.78, 5) is 26.6.